The van der Waals surface area contributed by atoms with Gasteiger partial charge < -0.3 is 16.4 Å². The van der Waals surface area contributed by atoms with Crippen LogP contribution in [0.4, 0.5) is 21.5 Å². The molecule has 6 heteroatoms. The Bertz CT molecular complexity index is 735. The number of nitrogen functional groups attached to an aromatic ring is 1. The second kappa shape index (κ2) is 5.51. The third kappa shape index (κ3) is 2.77. The molecule has 0 aliphatic rings. The van der Waals surface area contributed by atoms with Crippen LogP contribution in [0, 0.1) is 17.1 Å². The summed E-state index contributed by atoms with van der Waals surface area (Å²) in [4.78, 5) is 12.8. The summed E-state index contributed by atoms with van der Waals surface area (Å²) in [6.45, 7) is 0. The van der Waals surface area contributed by atoms with Crippen molar-refractivity contribution in [3.8, 4) is 6.07 Å². The van der Waals surface area contributed by atoms with Gasteiger partial charge in [0.25, 0.3) is 5.91 Å². The van der Waals surface area contributed by atoms with Gasteiger partial charge in [-0.05, 0) is 36.4 Å². The summed E-state index contributed by atoms with van der Waals surface area (Å²) in [6, 6.07) is 11.0. The molecular formula is C15H13FN4O. The van der Waals surface area contributed by atoms with Crippen molar-refractivity contribution in [3.05, 3.63) is 53.3 Å². The predicted octanol–water partition coefficient (Wildman–Crippen LogP) is 2.15. The van der Waals surface area contributed by atoms with Crippen molar-refractivity contribution in [2.45, 2.75) is 0 Å². The minimum Gasteiger partial charge on any atom is -0.398 e. The van der Waals surface area contributed by atoms with E-state index in [-0.39, 0.29) is 16.9 Å². The first kappa shape index (κ1) is 14.3. The quantitative estimate of drug-likeness (QED) is 0.844. The normalized spacial score (nSPS) is 9.95. The molecule has 0 spiro atoms. The van der Waals surface area contributed by atoms with E-state index in [1.54, 1.807) is 36.2 Å². The van der Waals surface area contributed by atoms with E-state index in [1.165, 1.54) is 6.07 Å². The molecule has 0 atom stereocenters. The van der Waals surface area contributed by atoms with Crippen molar-refractivity contribution in [2.24, 2.45) is 5.73 Å². The fraction of sp³-hybridized carbons (Fsp3) is 0.0667. The van der Waals surface area contributed by atoms with Gasteiger partial charge in [-0.15, -0.1) is 0 Å². The van der Waals surface area contributed by atoms with Crippen molar-refractivity contribution >= 4 is 23.0 Å². The second-order valence-corrected chi connectivity index (χ2v) is 4.47. The number of hydrogen-bond donors (Lipinski definition) is 2. The molecule has 4 N–H and O–H groups in total. The number of halogens is 1. The zero-order valence-electron chi connectivity index (χ0n) is 11.3. The highest BCUT2D eigenvalue weighted by Crippen LogP contribution is 2.29. The number of nitriles is 1. The average molecular weight is 284 g/mol. The third-order valence-corrected chi connectivity index (χ3v) is 3.13. The van der Waals surface area contributed by atoms with E-state index in [9.17, 15) is 9.18 Å². The summed E-state index contributed by atoms with van der Waals surface area (Å²) in [5, 5.41) is 8.77. The largest absolute Gasteiger partial charge is 0.398 e. The Balaban J connectivity index is 2.47. The highest BCUT2D eigenvalue weighted by molar-refractivity contribution is 5.99. The Morgan fingerprint density at radius 1 is 1.29 bits per heavy atom. The summed E-state index contributed by atoms with van der Waals surface area (Å²) >= 11 is 0. The van der Waals surface area contributed by atoms with Crippen molar-refractivity contribution < 1.29 is 9.18 Å². The zero-order chi connectivity index (χ0) is 15.6. The molecule has 0 bridgehead atoms. The van der Waals surface area contributed by atoms with Gasteiger partial charge in [0.1, 0.15) is 5.82 Å². The summed E-state index contributed by atoms with van der Waals surface area (Å²) in [5.74, 6) is -1.29. The standard InChI is InChI=1S/C15H13FN4O/c1-20(10-4-2-9(8-17)3-5-10)14-6-11(15(19)21)13(18)7-12(14)16/h2-7H,18H2,1H3,(H2,19,21). The van der Waals surface area contributed by atoms with Gasteiger partial charge in [0.15, 0.2) is 0 Å². The molecule has 1 amide bonds. The number of nitrogens with two attached hydrogens (primary N) is 2. The van der Waals surface area contributed by atoms with Gasteiger partial charge in [0, 0.05) is 18.4 Å². The fourth-order valence-corrected chi connectivity index (χ4v) is 1.95. The first-order chi connectivity index (χ1) is 9.93. The molecule has 2 aromatic rings. The van der Waals surface area contributed by atoms with Crippen LogP contribution in [0.15, 0.2) is 36.4 Å². The molecule has 0 radical (unpaired) electrons. The van der Waals surface area contributed by atoms with Gasteiger partial charge in [-0.2, -0.15) is 5.26 Å². The van der Waals surface area contributed by atoms with E-state index in [1.807, 2.05) is 6.07 Å². The first-order valence-corrected chi connectivity index (χ1v) is 6.06. The molecule has 0 saturated heterocycles. The summed E-state index contributed by atoms with van der Waals surface area (Å²) in [5.41, 5.74) is 12.2. The zero-order valence-corrected chi connectivity index (χ0v) is 11.3. The smallest absolute Gasteiger partial charge is 0.250 e. The first-order valence-electron chi connectivity index (χ1n) is 6.06. The fourth-order valence-electron chi connectivity index (χ4n) is 1.95. The second-order valence-electron chi connectivity index (χ2n) is 4.47. The summed E-state index contributed by atoms with van der Waals surface area (Å²) < 4.78 is 14.0. The highest BCUT2D eigenvalue weighted by Gasteiger charge is 2.15. The van der Waals surface area contributed by atoms with E-state index in [4.69, 9.17) is 16.7 Å². The predicted molar refractivity (Wildman–Crippen MR) is 78.6 cm³/mol. The molecule has 0 saturated carbocycles. The minimum atomic E-state index is -0.720. The number of carbonyl (C=O) groups excluding carboxylic acids is 1. The Morgan fingerprint density at radius 2 is 1.90 bits per heavy atom. The van der Waals surface area contributed by atoms with Gasteiger partial charge in [0.05, 0.1) is 22.9 Å². The molecule has 106 valence electrons. The maximum absolute atomic E-state index is 14.0. The van der Waals surface area contributed by atoms with Crippen LogP contribution in [0.3, 0.4) is 0 Å². The van der Waals surface area contributed by atoms with Crippen LogP contribution < -0.4 is 16.4 Å². The van der Waals surface area contributed by atoms with Crippen LogP contribution in [0.25, 0.3) is 0 Å². The van der Waals surface area contributed by atoms with Crippen LogP contribution in [-0.2, 0) is 0 Å². The van der Waals surface area contributed by atoms with Crippen LogP contribution in [0.5, 0.6) is 0 Å². The Labute approximate surface area is 121 Å². The van der Waals surface area contributed by atoms with Gasteiger partial charge in [-0.25, -0.2) is 4.39 Å². The monoisotopic (exact) mass is 284 g/mol. The number of rotatable bonds is 3. The Hall–Kier alpha value is -3.07. The lowest BCUT2D eigenvalue weighted by Crippen LogP contribution is -2.17. The molecule has 2 rings (SSSR count). The van der Waals surface area contributed by atoms with Crippen molar-refractivity contribution in [1.29, 1.82) is 5.26 Å². The van der Waals surface area contributed by atoms with Gasteiger partial charge in [-0.1, -0.05) is 0 Å². The lowest BCUT2D eigenvalue weighted by atomic mass is 10.1. The van der Waals surface area contributed by atoms with Gasteiger partial charge in [-0.3, -0.25) is 4.79 Å². The van der Waals surface area contributed by atoms with Gasteiger partial charge in [0.2, 0.25) is 0 Å². The molecule has 0 heterocycles. The van der Waals surface area contributed by atoms with Crippen LogP contribution in [0.2, 0.25) is 0 Å². The van der Waals surface area contributed by atoms with Crippen molar-refractivity contribution in [2.75, 3.05) is 17.7 Å². The van der Waals surface area contributed by atoms with Crippen LogP contribution >= 0.6 is 0 Å². The number of primary amides is 1. The van der Waals surface area contributed by atoms with Gasteiger partial charge >= 0.3 is 0 Å². The average Bonchev–Trinajstić information content (AvgIpc) is 2.46. The summed E-state index contributed by atoms with van der Waals surface area (Å²) in [6.07, 6.45) is 0. The number of benzene rings is 2. The molecule has 0 fully saturated rings. The number of carbonyl (C=O) groups is 1. The van der Waals surface area contributed by atoms with E-state index in [0.717, 1.165) is 6.07 Å². The SMILES string of the molecule is CN(c1ccc(C#N)cc1)c1cc(C(N)=O)c(N)cc1F. The number of anilines is 3. The van der Waals surface area contributed by atoms with E-state index in [0.29, 0.717) is 11.3 Å². The lowest BCUT2D eigenvalue weighted by molar-refractivity contribution is 0.100. The molecule has 5 nitrogen and oxygen atoms in total. The maximum atomic E-state index is 14.0. The minimum absolute atomic E-state index is 0.00280. The molecule has 2 aromatic carbocycles. The van der Waals surface area contributed by atoms with Crippen molar-refractivity contribution in [3.63, 3.8) is 0 Å². The topological polar surface area (TPSA) is 96.1 Å². The van der Waals surface area contributed by atoms with Crippen LogP contribution in [0.1, 0.15) is 15.9 Å². The molecule has 21 heavy (non-hydrogen) atoms. The molecule has 0 unspecified atom stereocenters. The molecule has 0 aliphatic carbocycles. The molecular weight excluding hydrogens is 271 g/mol. The maximum Gasteiger partial charge on any atom is 0.250 e. The van der Waals surface area contributed by atoms with Crippen LogP contribution in [-0.4, -0.2) is 13.0 Å². The number of amides is 1. The Morgan fingerprint density at radius 3 is 2.43 bits per heavy atom. The Kier molecular flexibility index (Phi) is 3.76. The highest BCUT2D eigenvalue weighted by atomic mass is 19.1. The van der Waals surface area contributed by atoms with E-state index < -0.39 is 11.7 Å². The lowest BCUT2D eigenvalue weighted by Gasteiger charge is -2.21. The number of hydrogen-bond acceptors (Lipinski definition) is 4. The van der Waals surface area contributed by atoms with Crippen molar-refractivity contribution in [1.82, 2.24) is 0 Å². The summed E-state index contributed by atoms with van der Waals surface area (Å²) in [7, 11) is 1.64. The number of nitrogens with zero attached hydrogens (tertiary/aromatic N) is 2. The third-order valence-electron chi connectivity index (χ3n) is 3.13. The van der Waals surface area contributed by atoms with E-state index >= 15 is 0 Å². The molecule has 0 aliphatic heterocycles. The van der Waals surface area contributed by atoms with E-state index in [2.05, 4.69) is 0 Å². The molecule has 0 aromatic heterocycles.